The van der Waals surface area contributed by atoms with Crippen LogP contribution in [-0.2, 0) is 9.59 Å². The predicted molar refractivity (Wildman–Crippen MR) is 73.5 cm³/mol. The molecule has 2 aliphatic rings. The second kappa shape index (κ2) is 4.59. The molecule has 1 N–H and O–H groups in total. The van der Waals surface area contributed by atoms with Gasteiger partial charge in [0.2, 0.25) is 12.3 Å². The first kappa shape index (κ1) is 12.6. The zero-order chi connectivity index (χ0) is 13.6. The maximum Gasteiger partial charge on any atom is 0.248 e. The average molecular weight is 324 g/mol. The molecular formula is C13H14BrN3O2. The second-order valence-electron chi connectivity index (χ2n) is 5.16. The molecule has 0 aromatic carbocycles. The van der Waals surface area contributed by atoms with Gasteiger partial charge in [0.25, 0.3) is 0 Å². The highest BCUT2D eigenvalue weighted by Gasteiger charge is 2.53. The number of nitrogens with one attached hydrogen (secondary N) is 1. The lowest BCUT2D eigenvalue weighted by Crippen LogP contribution is -2.41. The van der Waals surface area contributed by atoms with Crippen molar-refractivity contribution < 1.29 is 9.59 Å². The van der Waals surface area contributed by atoms with Crippen molar-refractivity contribution in [1.82, 2.24) is 9.88 Å². The Hall–Kier alpha value is -1.43. The molecule has 100 valence electrons. The Morgan fingerprint density at radius 2 is 2.32 bits per heavy atom. The summed E-state index contributed by atoms with van der Waals surface area (Å²) in [7, 11) is 0. The van der Waals surface area contributed by atoms with Crippen LogP contribution in [0.4, 0.5) is 5.82 Å². The highest BCUT2D eigenvalue weighted by Crippen LogP contribution is 2.47. The lowest BCUT2D eigenvalue weighted by molar-refractivity contribution is -0.128. The van der Waals surface area contributed by atoms with Gasteiger partial charge in [0, 0.05) is 6.04 Å². The number of halogens is 1. The monoisotopic (exact) mass is 323 g/mol. The summed E-state index contributed by atoms with van der Waals surface area (Å²) in [5, 5.41) is 2.82. The van der Waals surface area contributed by atoms with E-state index in [4.69, 9.17) is 0 Å². The van der Waals surface area contributed by atoms with Crippen LogP contribution in [0.3, 0.4) is 0 Å². The quantitative estimate of drug-likeness (QED) is 0.680. The van der Waals surface area contributed by atoms with E-state index in [1.54, 1.807) is 4.90 Å². The summed E-state index contributed by atoms with van der Waals surface area (Å²) < 4.78 is 0.676. The van der Waals surface area contributed by atoms with Gasteiger partial charge in [-0.15, -0.1) is 0 Å². The molecule has 0 radical (unpaired) electrons. The predicted octanol–water partition coefficient (Wildman–Crippen LogP) is 1.71. The number of nitrogens with zero attached hydrogens (tertiary/aromatic N) is 2. The van der Waals surface area contributed by atoms with E-state index in [1.807, 2.05) is 19.1 Å². The first-order valence-corrected chi connectivity index (χ1v) is 7.06. The number of aromatic nitrogens is 1. The van der Waals surface area contributed by atoms with E-state index in [2.05, 4.69) is 26.2 Å². The minimum absolute atomic E-state index is 0.145. The van der Waals surface area contributed by atoms with Crippen molar-refractivity contribution in [1.29, 1.82) is 0 Å². The Morgan fingerprint density at radius 3 is 3.05 bits per heavy atom. The molecule has 1 aliphatic heterocycles. The highest BCUT2D eigenvalue weighted by atomic mass is 79.9. The summed E-state index contributed by atoms with van der Waals surface area (Å²) in [5.41, 5.74) is 0.900. The minimum atomic E-state index is -0.346. The lowest BCUT2D eigenvalue weighted by Gasteiger charge is -2.22. The van der Waals surface area contributed by atoms with E-state index < -0.39 is 0 Å². The molecule has 2 fully saturated rings. The molecule has 6 heteroatoms. The summed E-state index contributed by atoms with van der Waals surface area (Å²) in [5.74, 6) is 0.913. The molecule has 3 atom stereocenters. The van der Waals surface area contributed by atoms with Crippen LogP contribution < -0.4 is 5.32 Å². The first-order valence-electron chi connectivity index (χ1n) is 6.27. The number of aryl methyl sites for hydroxylation is 1. The van der Waals surface area contributed by atoms with Gasteiger partial charge in [0.05, 0.1) is 0 Å². The number of carbonyl (C=O) groups excluding carboxylic acids is 2. The van der Waals surface area contributed by atoms with E-state index in [0.29, 0.717) is 16.3 Å². The van der Waals surface area contributed by atoms with Gasteiger partial charge in [-0.25, -0.2) is 4.98 Å². The van der Waals surface area contributed by atoms with E-state index in [0.717, 1.165) is 24.8 Å². The van der Waals surface area contributed by atoms with E-state index in [1.165, 1.54) is 0 Å². The smallest absolute Gasteiger partial charge is 0.248 e. The lowest BCUT2D eigenvalue weighted by atomic mass is 10.1. The van der Waals surface area contributed by atoms with Crippen LogP contribution in [0.2, 0.25) is 0 Å². The summed E-state index contributed by atoms with van der Waals surface area (Å²) >= 11 is 3.28. The molecule has 2 amide bonds. The molecule has 1 saturated carbocycles. The van der Waals surface area contributed by atoms with Gasteiger partial charge in [0.1, 0.15) is 16.5 Å². The van der Waals surface area contributed by atoms with Gasteiger partial charge in [-0.2, -0.15) is 0 Å². The Labute approximate surface area is 119 Å². The molecule has 19 heavy (non-hydrogen) atoms. The molecule has 0 bridgehead atoms. The van der Waals surface area contributed by atoms with Gasteiger partial charge >= 0.3 is 0 Å². The van der Waals surface area contributed by atoms with Gasteiger partial charge < -0.3 is 10.2 Å². The number of pyridine rings is 1. The number of hydrogen-bond acceptors (Lipinski definition) is 3. The zero-order valence-corrected chi connectivity index (χ0v) is 12.1. The fourth-order valence-electron chi connectivity index (χ4n) is 2.72. The number of anilines is 1. The Kier molecular flexibility index (Phi) is 3.05. The van der Waals surface area contributed by atoms with Crippen molar-refractivity contribution in [3.63, 3.8) is 0 Å². The average Bonchev–Trinajstić information content (AvgIpc) is 3.05. The number of piperidine rings is 1. The van der Waals surface area contributed by atoms with Crippen LogP contribution in [0.25, 0.3) is 0 Å². The van der Waals surface area contributed by atoms with Crippen LogP contribution in [0.1, 0.15) is 18.4 Å². The SMILES string of the molecule is Cc1ccc(Br)nc1NC(=O)[C@@H]1C[C@H]2C[C@H]2N1C=O. The number of carbonyl (C=O) groups is 2. The van der Waals surface area contributed by atoms with Crippen LogP contribution in [0.15, 0.2) is 16.7 Å². The summed E-state index contributed by atoms with van der Waals surface area (Å²) in [4.78, 5) is 29.2. The maximum absolute atomic E-state index is 12.2. The van der Waals surface area contributed by atoms with Crippen molar-refractivity contribution >= 4 is 34.1 Å². The normalized spacial score (nSPS) is 27.9. The molecule has 0 unspecified atom stereocenters. The standard InChI is InChI=1S/C13H14BrN3O2/c1-7-2-3-11(14)15-12(7)16-13(19)10-5-8-4-9(8)17(10)6-18/h2-3,6,8-10H,4-5H2,1H3,(H,15,16,19)/t8-,9-,10+/m1/s1. The van der Waals surface area contributed by atoms with Crippen molar-refractivity contribution in [2.45, 2.75) is 31.8 Å². The summed E-state index contributed by atoms with van der Waals surface area (Å²) in [6, 6.07) is 3.65. The molecule has 3 rings (SSSR count). The Morgan fingerprint density at radius 1 is 1.53 bits per heavy atom. The van der Waals surface area contributed by atoms with Crippen LogP contribution in [0.5, 0.6) is 0 Å². The van der Waals surface area contributed by atoms with Crippen LogP contribution >= 0.6 is 15.9 Å². The molecule has 1 aromatic rings. The summed E-state index contributed by atoms with van der Waals surface area (Å²) in [6.45, 7) is 1.89. The molecule has 1 saturated heterocycles. The molecule has 2 heterocycles. The van der Waals surface area contributed by atoms with E-state index in [9.17, 15) is 9.59 Å². The molecular weight excluding hydrogens is 310 g/mol. The third-order valence-electron chi connectivity index (χ3n) is 3.88. The number of rotatable bonds is 3. The topological polar surface area (TPSA) is 62.3 Å². The van der Waals surface area contributed by atoms with E-state index >= 15 is 0 Å². The number of likely N-dealkylation sites (tertiary alicyclic amines) is 1. The molecule has 1 aliphatic carbocycles. The van der Waals surface area contributed by atoms with Gasteiger partial charge in [-0.1, -0.05) is 6.07 Å². The number of hydrogen-bond donors (Lipinski definition) is 1. The third kappa shape index (κ3) is 2.25. The van der Waals surface area contributed by atoms with Crippen molar-refractivity contribution in [2.24, 2.45) is 5.92 Å². The van der Waals surface area contributed by atoms with E-state index in [-0.39, 0.29) is 18.0 Å². The first-order chi connectivity index (χ1) is 9.10. The second-order valence-corrected chi connectivity index (χ2v) is 5.97. The van der Waals surface area contributed by atoms with Crippen molar-refractivity contribution in [3.8, 4) is 0 Å². The highest BCUT2D eigenvalue weighted by molar-refractivity contribution is 9.10. The fourth-order valence-corrected chi connectivity index (χ4v) is 3.02. The van der Waals surface area contributed by atoms with Gasteiger partial charge in [-0.3, -0.25) is 9.59 Å². The van der Waals surface area contributed by atoms with Crippen molar-refractivity contribution in [3.05, 3.63) is 22.3 Å². The zero-order valence-electron chi connectivity index (χ0n) is 10.5. The Bertz CT molecular complexity index is 549. The van der Waals surface area contributed by atoms with Gasteiger partial charge in [0.15, 0.2) is 0 Å². The Balaban J connectivity index is 1.74. The number of amides is 2. The molecule has 5 nitrogen and oxygen atoms in total. The maximum atomic E-state index is 12.2. The largest absolute Gasteiger partial charge is 0.330 e. The minimum Gasteiger partial charge on any atom is -0.330 e. The number of fused-ring (bicyclic) bond motifs is 1. The fraction of sp³-hybridized carbons (Fsp3) is 0.462. The van der Waals surface area contributed by atoms with Crippen LogP contribution in [-0.4, -0.2) is 34.3 Å². The molecule has 1 aromatic heterocycles. The molecule has 0 spiro atoms. The third-order valence-corrected chi connectivity index (χ3v) is 4.32. The summed E-state index contributed by atoms with van der Waals surface area (Å²) in [6.07, 6.45) is 2.60. The van der Waals surface area contributed by atoms with Crippen LogP contribution in [0, 0.1) is 12.8 Å². The van der Waals surface area contributed by atoms with Crippen molar-refractivity contribution in [2.75, 3.05) is 5.32 Å². The van der Waals surface area contributed by atoms with Gasteiger partial charge in [-0.05, 0) is 53.2 Å².